The number of nitrogens with one attached hydrogen (secondary N) is 2. The monoisotopic (exact) mass is 318 g/mol. The Hall–Kier alpha value is -2.62. The molecule has 7 heteroatoms. The second kappa shape index (κ2) is 7.58. The molecule has 122 valence electrons. The van der Waals surface area contributed by atoms with E-state index in [1.54, 1.807) is 17.0 Å². The molecule has 0 radical (unpaired) electrons. The summed E-state index contributed by atoms with van der Waals surface area (Å²) in [6.07, 6.45) is 0.246. The second-order valence-electron chi connectivity index (χ2n) is 5.33. The van der Waals surface area contributed by atoms with Crippen molar-refractivity contribution in [2.45, 2.75) is 13.3 Å². The van der Waals surface area contributed by atoms with Crippen LogP contribution in [0.4, 0.5) is 10.1 Å². The maximum Gasteiger partial charge on any atom is 0.225 e. The third-order valence-electron chi connectivity index (χ3n) is 3.83. The average molecular weight is 318 g/mol. The Morgan fingerprint density at radius 1 is 1.48 bits per heavy atom. The summed E-state index contributed by atoms with van der Waals surface area (Å²) in [6.45, 7) is 3.64. The predicted octanol–water partition coefficient (Wildman–Crippen LogP) is 1.09. The van der Waals surface area contributed by atoms with E-state index < -0.39 is 5.82 Å². The molecule has 1 aliphatic rings. The molecular formula is C16H19FN4O2. The lowest BCUT2D eigenvalue weighted by Gasteiger charge is -2.14. The normalized spacial score (nSPS) is 17.0. The first kappa shape index (κ1) is 16.7. The number of hydrogen-bond acceptors (Lipinski definition) is 4. The minimum Gasteiger partial charge on any atom is -0.382 e. The number of carbonyl (C=O) groups is 2. The summed E-state index contributed by atoms with van der Waals surface area (Å²) in [6, 6.07) is 6.15. The summed E-state index contributed by atoms with van der Waals surface area (Å²) in [4.78, 5) is 25.3. The molecule has 2 N–H and O–H groups in total. The molecule has 0 aliphatic carbocycles. The van der Waals surface area contributed by atoms with E-state index in [1.165, 1.54) is 12.1 Å². The fourth-order valence-corrected chi connectivity index (χ4v) is 2.57. The smallest absolute Gasteiger partial charge is 0.225 e. The fraction of sp³-hybridized carbons (Fsp3) is 0.438. The average Bonchev–Trinajstić information content (AvgIpc) is 2.92. The summed E-state index contributed by atoms with van der Waals surface area (Å²) in [5, 5.41) is 14.6. The van der Waals surface area contributed by atoms with Gasteiger partial charge in [-0.25, -0.2) is 4.39 Å². The molecule has 1 atom stereocenters. The van der Waals surface area contributed by atoms with Crippen molar-refractivity contribution in [1.29, 1.82) is 5.26 Å². The Bertz CT molecular complexity index is 641. The lowest BCUT2D eigenvalue weighted by Crippen LogP contribution is -2.35. The van der Waals surface area contributed by atoms with E-state index in [0.717, 1.165) is 0 Å². The van der Waals surface area contributed by atoms with Gasteiger partial charge < -0.3 is 15.5 Å². The van der Waals surface area contributed by atoms with E-state index in [-0.39, 0.29) is 29.7 Å². The molecule has 0 spiro atoms. The summed E-state index contributed by atoms with van der Waals surface area (Å²) < 4.78 is 13.4. The number of nitriles is 1. The van der Waals surface area contributed by atoms with Crippen molar-refractivity contribution in [3.05, 3.63) is 29.6 Å². The number of nitrogens with zero attached hydrogens (tertiary/aromatic N) is 2. The molecule has 2 rings (SSSR count). The molecule has 1 aromatic carbocycles. The number of likely N-dealkylation sites (tertiary alicyclic amines) is 1. The Morgan fingerprint density at radius 3 is 2.91 bits per heavy atom. The standard InChI is InChI=1S/C16H19FN4O2/c1-2-21-10-11(8-15(21)22)16(23)20-7-6-19-14-5-3-4-13(17)12(14)9-18/h3-5,11,19H,2,6-8,10H2,1H3,(H,20,23)/t11-/m1/s1. The minimum absolute atomic E-state index is 0.00389. The summed E-state index contributed by atoms with van der Waals surface area (Å²) in [5.74, 6) is -1.04. The van der Waals surface area contributed by atoms with Crippen LogP contribution in [-0.4, -0.2) is 42.9 Å². The summed E-state index contributed by atoms with van der Waals surface area (Å²) in [7, 11) is 0. The van der Waals surface area contributed by atoms with Crippen molar-refractivity contribution in [1.82, 2.24) is 10.2 Å². The van der Waals surface area contributed by atoms with Crippen LogP contribution in [0.3, 0.4) is 0 Å². The quantitative estimate of drug-likeness (QED) is 0.769. The Balaban J connectivity index is 1.78. The molecule has 23 heavy (non-hydrogen) atoms. The number of hydrogen-bond donors (Lipinski definition) is 2. The van der Waals surface area contributed by atoms with E-state index in [1.807, 2.05) is 6.92 Å². The zero-order valence-corrected chi connectivity index (χ0v) is 12.9. The highest BCUT2D eigenvalue weighted by Crippen LogP contribution is 2.18. The molecule has 1 saturated heterocycles. The molecule has 0 saturated carbocycles. The van der Waals surface area contributed by atoms with Crippen LogP contribution in [0.25, 0.3) is 0 Å². The molecule has 6 nitrogen and oxygen atoms in total. The van der Waals surface area contributed by atoms with Gasteiger partial charge in [0.1, 0.15) is 17.4 Å². The molecule has 1 aliphatic heterocycles. The highest BCUT2D eigenvalue weighted by Gasteiger charge is 2.32. The Kier molecular flexibility index (Phi) is 5.52. The van der Waals surface area contributed by atoms with Crippen LogP contribution in [0.5, 0.6) is 0 Å². The second-order valence-corrected chi connectivity index (χ2v) is 5.33. The third kappa shape index (κ3) is 3.97. The molecule has 0 aromatic heterocycles. The predicted molar refractivity (Wildman–Crippen MR) is 83.0 cm³/mol. The van der Waals surface area contributed by atoms with Gasteiger partial charge in [0.2, 0.25) is 11.8 Å². The van der Waals surface area contributed by atoms with Crippen LogP contribution < -0.4 is 10.6 Å². The van der Waals surface area contributed by atoms with Crippen molar-refractivity contribution >= 4 is 17.5 Å². The molecule has 0 bridgehead atoms. The van der Waals surface area contributed by atoms with Gasteiger partial charge >= 0.3 is 0 Å². The van der Waals surface area contributed by atoms with Gasteiger partial charge in [-0.3, -0.25) is 9.59 Å². The molecule has 1 aromatic rings. The number of rotatable bonds is 6. The van der Waals surface area contributed by atoms with E-state index in [0.29, 0.717) is 31.9 Å². The van der Waals surface area contributed by atoms with Crippen molar-refractivity contribution in [3.8, 4) is 6.07 Å². The van der Waals surface area contributed by atoms with Gasteiger partial charge in [-0.15, -0.1) is 0 Å². The van der Waals surface area contributed by atoms with Crippen molar-refractivity contribution in [3.63, 3.8) is 0 Å². The number of halogens is 1. The zero-order valence-electron chi connectivity index (χ0n) is 12.9. The van der Waals surface area contributed by atoms with Gasteiger partial charge in [0.25, 0.3) is 0 Å². The first-order valence-corrected chi connectivity index (χ1v) is 7.54. The lowest BCUT2D eigenvalue weighted by atomic mass is 10.1. The SMILES string of the molecule is CCN1C[C@H](C(=O)NCCNc2cccc(F)c2C#N)CC1=O. The van der Waals surface area contributed by atoms with Crippen LogP contribution in [0, 0.1) is 23.1 Å². The van der Waals surface area contributed by atoms with E-state index in [4.69, 9.17) is 5.26 Å². The molecule has 2 amide bonds. The fourth-order valence-electron chi connectivity index (χ4n) is 2.57. The highest BCUT2D eigenvalue weighted by atomic mass is 19.1. The highest BCUT2D eigenvalue weighted by molar-refractivity contribution is 5.89. The van der Waals surface area contributed by atoms with Gasteiger partial charge in [-0.05, 0) is 19.1 Å². The maximum atomic E-state index is 13.4. The van der Waals surface area contributed by atoms with Gasteiger partial charge in [0, 0.05) is 32.6 Å². The van der Waals surface area contributed by atoms with Crippen LogP contribution >= 0.6 is 0 Å². The Labute approximate surface area is 134 Å². The number of amides is 2. The van der Waals surface area contributed by atoms with E-state index in [9.17, 15) is 14.0 Å². The number of benzene rings is 1. The Morgan fingerprint density at radius 2 is 2.26 bits per heavy atom. The topological polar surface area (TPSA) is 85.2 Å². The summed E-state index contributed by atoms with van der Waals surface area (Å²) in [5.41, 5.74) is 0.355. The molecular weight excluding hydrogens is 299 g/mol. The first-order chi connectivity index (χ1) is 11.1. The molecule has 0 unspecified atom stereocenters. The first-order valence-electron chi connectivity index (χ1n) is 7.54. The van der Waals surface area contributed by atoms with Gasteiger partial charge in [0.15, 0.2) is 0 Å². The maximum absolute atomic E-state index is 13.4. The van der Waals surface area contributed by atoms with Crippen molar-refractivity contribution in [2.75, 3.05) is 31.5 Å². The van der Waals surface area contributed by atoms with Crippen LogP contribution in [0.1, 0.15) is 18.9 Å². The third-order valence-corrected chi connectivity index (χ3v) is 3.83. The van der Waals surface area contributed by atoms with E-state index >= 15 is 0 Å². The van der Waals surface area contributed by atoms with Crippen LogP contribution in [0.15, 0.2) is 18.2 Å². The van der Waals surface area contributed by atoms with Gasteiger partial charge in [-0.2, -0.15) is 5.26 Å². The number of anilines is 1. The molecule has 1 heterocycles. The van der Waals surface area contributed by atoms with Crippen LogP contribution in [0.2, 0.25) is 0 Å². The van der Waals surface area contributed by atoms with Crippen molar-refractivity contribution in [2.24, 2.45) is 5.92 Å². The van der Waals surface area contributed by atoms with Crippen LogP contribution in [-0.2, 0) is 9.59 Å². The van der Waals surface area contributed by atoms with Gasteiger partial charge in [-0.1, -0.05) is 6.07 Å². The minimum atomic E-state index is -0.578. The zero-order chi connectivity index (χ0) is 16.8. The van der Waals surface area contributed by atoms with Crippen molar-refractivity contribution < 1.29 is 14.0 Å². The lowest BCUT2D eigenvalue weighted by molar-refractivity contribution is -0.128. The van der Waals surface area contributed by atoms with E-state index in [2.05, 4.69) is 10.6 Å². The molecule has 1 fully saturated rings. The largest absolute Gasteiger partial charge is 0.382 e. The summed E-state index contributed by atoms with van der Waals surface area (Å²) >= 11 is 0. The van der Waals surface area contributed by atoms with Gasteiger partial charge in [0.05, 0.1) is 11.6 Å². The number of carbonyl (C=O) groups excluding carboxylic acids is 2.